The topological polar surface area (TPSA) is 93.9 Å². The van der Waals surface area contributed by atoms with E-state index in [4.69, 9.17) is 15.2 Å². The molecule has 1 heterocycles. The van der Waals surface area contributed by atoms with Crippen LogP contribution in [0.1, 0.15) is 24.0 Å². The molecule has 1 aliphatic rings. The maximum absolute atomic E-state index is 12.4. The molecule has 1 atom stereocenters. The minimum absolute atomic E-state index is 0.107. The number of benzene rings is 3. The highest BCUT2D eigenvalue weighted by Crippen LogP contribution is 2.22. The van der Waals surface area contributed by atoms with E-state index in [1.54, 1.807) is 12.1 Å². The van der Waals surface area contributed by atoms with Crippen LogP contribution in [0.5, 0.6) is 11.5 Å². The van der Waals surface area contributed by atoms with Crippen LogP contribution in [0, 0.1) is 0 Å². The Morgan fingerprint density at radius 1 is 0.912 bits per heavy atom. The minimum Gasteiger partial charge on any atom is -0.489 e. The van der Waals surface area contributed by atoms with E-state index in [0.29, 0.717) is 24.6 Å². The molecule has 0 aliphatic carbocycles. The molecule has 0 saturated carbocycles. The van der Waals surface area contributed by atoms with E-state index in [9.17, 15) is 9.59 Å². The second-order valence-corrected chi connectivity index (χ2v) is 8.31. The molecule has 3 aromatic carbocycles. The Labute approximate surface area is 199 Å². The van der Waals surface area contributed by atoms with E-state index in [1.807, 2.05) is 66.7 Å². The van der Waals surface area contributed by atoms with Crippen molar-refractivity contribution in [2.75, 3.05) is 18.5 Å². The largest absolute Gasteiger partial charge is 0.489 e. The normalized spacial score (nSPS) is 15.6. The van der Waals surface area contributed by atoms with Gasteiger partial charge in [-0.2, -0.15) is 0 Å². The van der Waals surface area contributed by atoms with Gasteiger partial charge in [0.05, 0.1) is 6.04 Å². The van der Waals surface area contributed by atoms with Gasteiger partial charge in [0.2, 0.25) is 5.91 Å². The zero-order chi connectivity index (χ0) is 23.8. The maximum atomic E-state index is 12.4. The number of amides is 2. The Kier molecular flexibility index (Phi) is 7.78. The summed E-state index contributed by atoms with van der Waals surface area (Å²) < 4.78 is 11.4. The number of carbonyl (C=O) groups is 2. The summed E-state index contributed by atoms with van der Waals surface area (Å²) in [6.45, 7) is 1.84. The average molecular weight is 460 g/mol. The molecule has 3 N–H and O–H groups in total. The maximum Gasteiger partial charge on any atom is 0.262 e. The summed E-state index contributed by atoms with van der Waals surface area (Å²) >= 11 is 0. The molecule has 1 unspecified atom stereocenters. The van der Waals surface area contributed by atoms with Crippen LogP contribution in [0.25, 0.3) is 0 Å². The van der Waals surface area contributed by atoms with Crippen LogP contribution in [0.2, 0.25) is 0 Å². The predicted octanol–water partition coefficient (Wildman–Crippen LogP) is 3.73. The Bertz CT molecular complexity index is 1100. The molecule has 1 fully saturated rings. The zero-order valence-corrected chi connectivity index (χ0v) is 19.0. The van der Waals surface area contributed by atoms with Crippen molar-refractivity contribution in [3.05, 3.63) is 90.0 Å². The van der Waals surface area contributed by atoms with Gasteiger partial charge < -0.3 is 20.5 Å². The van der Waals surface area contributed by atoms with Crippen molar-refractivity contribution >= 4 is 17.5 Å². The van der Waals surface area contributed by atoms with Crippen LogP contribution >= 0.6 is 0 Å². The molecule has 0 bridgehead atoms. The first-order valence-electron chi connectivity index (χ1n) is 11.4. The number of likely N-dealkylation sites (tertiary alicyclic amines) is 1. The number of hydrogen-bond acceptors (Lipinski definition) is 5. The highest BCUT2D eigenvalue weighted by molar-refractivity contribution is 5.91. The van der Waals surface area contributed by atoms with Gasteiger partial charge in [-0.05, 0) is 66.9 Å². The summed E-state index contributed by atoms with van der Waals surface area (Å²) in [5.74, 6) is 0.782. The fourth-order valence-electron chi connectivity index (χ4n) is 4.04. The summed E-state index contributed by atoms with van der Waals surface area (Å²) in [6.07, 6.45) is 1.75. The molecule has 0 spiro atoms. The number of carbonyl (C=O) groups excluding carboxylic acids is 2. The summed E-state index contributed by atoms with van der Waals surface area (Å²) in [4.78, 5) is 26.1. The molecule has 3 aromatic rings. The predicted molar refractivity (Wildman–Crippen MR) is 130 cm³/mol. The van der Waals surface area contributed by atoms with E-state index in [2.05, 4.69) is 10.2 Å². The Hall–Kier alpha value is -3.84. The van der Waals surface area contributed by atoms with E-state index in [1.165, 1.54) is 0 Å². The molecule has 7 heteroatoms. The summed E-state index contributed by atoms with van der Waals surface area (Å²) in [7, 11) is 0. The Morgan fingerprint density at radius 3 is 2.35 bits per heavy atom. The fourth-order valence-corrected chi connectivity index (χ4v) is 4.04. The molecule has 2 amide bonds. The van der Waals surface area contributed by atoms with Gasteiger partial charge in [-0.15, -0.1) is 0 Å². The third-order valence-electron chi connectivity index (χ3n) is 5.73. The first-order valence-corrected chi connectivity index (χ1v) is 11.4. The Morgan fingerprint density at radius 2 is 1.62 bits per heavy atom. The van der Waals surface area contributed by atoms with Gasteiger partial charge in [-0.1, -0.05) is 42.5 Å². The lowest BCUT2D eigenvalue weighted by atomic mass is 10.1. The van der Waals surface area contributed by atoms with Crippen LogP contribution in [0.3, 0.4) is 0 Å². The Balaban J connectivity index is 1.24. The van der Waals surface area contributed by atoms with Crippen molar-refractivity contribution in [2.45, 2.75) is 32.0 Å². The zero-order valence-electron chi connectivity index (χ0n) is 19.0. The number of primary amides is 1. The van der Waals surface area contributed by atoms with E-state index in [-0.39, 0.29) is 24.5 Å². The molecule has 0 radical (unpaired) electrons. The molecular formula is C27H29N3O4. The quantitative estimate of drug-likeness (QED) is 0.482. The number of nitrogens with two attached hydrogens (primary N) is 1. The van der Waals surface area contributed by atoms with Gasteiger partial charge in [-0.25, -0.2) is 0 Å². The standard InChI is InChI=1S/C27H29N3O4/c28-27(32)25-10-5-15-30(25)17-21-8-4-9-22(16-21)29-26(31)19-34-24-13-11-23(12-14-24)33-18-20-6-2-1-3-7-20/h1-4,6-9,11-14,16,25H,5,10,15,17-19H2,(H2,28,32)(H,29,31). The van der Waals surface area contributed by atoms with Gasteiger partial charge in [0.15, 0.2) is 6.61 Å². The molecule has 4 rings (SSSR count). The first kappa shape index (κ1) is 23.3. The average Bonchev–Trinajstić information content (AvgIpc) is 3.31. The van der Waals surface area contributed by atoms with Crippen LogP contribution in [0.4, 0.5) is 5.69 Å². The number of nitrogens with one attached hydrogen (secondary N) is 1. The van der Waals surface area contributed by atoms with Gasteiger partial charge in [0.1, 0.15) is 18.1 Å². The smallest absolute Gasteiger partial charge is 0.262 e. The van der Waals surface area contributed by atoms with Gasteiger partial charge in [-0.3, -0.25) is 14.5 Å². The summed E-state index contributed by atoms with van der Waals surface area (Å²) in [6, 6.07) is 24.5. The lowest BCUT2D eigenvalue weighted by molar-refractivity contribution is -0.122. The number of rotatable bonds is 10. The second-order valence-electron chi connectivity index (χ2n) is 8.31. The number of ether oxygens (including phenoxy) is 2. The van der Waals surface area contributed by atoms with Crippen molar-refractivity contribution in [2.24, 2.45) is 5.73 Å². The lowest BCUT2D eigenvalue weighted by Gasteiger charge is -2.22. The minimum atomic E-state index is -0.283. The van der Waals surface area contributed by atoms with Crippen molar-refractivity contribution in [3.8, 4) is 11.5 Å². The first-order chi connectivity index (χ1) is 16.6. The highest BCUT2D eigenvalue weighted by atomic mass is 16.5. The molecular weight excluding hydrogens is 430 g/mol. The monoisotopic (exact) mass is 459 g/mol. The van der Waals surface area contributed by atoms with Crippen LogP contribution in [-0.4, -0.2) is 35.9 Å². The van der Waals surface area contributed by atoms with Crippen molar-refractivity contribution in [1.29, 1.82) is 0 Å². The van der Waals surface area contributed by atoms with Gasteiger partial charge in [0, 0.05) is 12.2 Å². The number of anilines is 1. The van der Waals surface area contributed by atoms with Crippen molar-refractivity contribution in [1.82, 2.24) is 4.90 Å². The molecule has 7 nitrogen and oxygen atoms in total. The third-order valence-corrected chi connectivity index (χ3v) is 5.73. The van der Waals surface area contributed by atoms with Gasteiger partial charge in [0.25, 0.3) is 5.91 Å². The van der Waals surface area contributed by atoms with Crippen LogP contribution in [0.15, 0.2) is 78.9 Å². The summed E-state index contributed by atoms with van der Waals surface area (Å²) in [5.41, 5.74) is 8.30. The van der Waals surface area contributed by atoms with Crippen LogP contribution in [-0.2, 0) is 22.7 Å². The van der Waals surface area contributed by atoms with Gasteiger partial charge >= 0.3 is 0 Å². The molecule has 34 heavy (non-hydrogen) atoms. The van der Waals surface area contributed by atoms with E-state index >= 15 is 0 Å². The summed E-state index contributed by atoms with van der Waals surface area (Å²) in [5, 5.41) is 2.86. The third kappa shape index (κ3) is 6.59. The number of nitrogens with zero attached hydrogens (tertiary/aromatic N) is 1. The molecule has 0 aromatic heterocycles. The lowest BCUT2D eigenvalue weighted by Crippen LogP contribution is -2.39. The second kappa shape index (κ2) is 11.3. The van der Waals surface area contributed by atoms with Crippen molar-refractivity contribution < 1.29 is 19.1 Å². The molecule has 1 aliphatic heterocycles. The van der Waals surface area contributed by atoms with Crippen LogP contribution < -0.4 is 20.5 Å². The fraction of sp³-hybridized carbons (Fsp3) is 0.259. The molecule has 1 saturated heterocycles. The molecule has 176 valence electrons. The van der Waals surface area contributed by atoms with Crippen molar-refractivity contribution in [3.63, 3.8) is 0 Å². The highest BCUT2D eigenvalue weighted by Gasteiger charge is 2.28. The van der Waals surface area contributed by atoms with E-state index in [0.717, 1.165) is 36.3 Å². The number of hydrogen-bond donors (Lipinski definition) is 2. The SMILES string of the molecule is NC(=O)C1CCCN1Cc1cccc(NC(=O)COc2ccc(OCc3ccccc3)cc2)c1. The van der Waals surface area contributed by atoms with E-state index < -0.39 is 0 Å².